The highest BCUT2D eigenvalue weighted by Crippen LogP contribution is 2.12. The van der Waals surface area contributed by atoms with Crippen molar-refractivity contribution in [2.45, 2.75) is 19.9 Å². The van der Waals surface area contributed by atoms with Gasteiger partial charge in [-0.1, -0.05) is 35.7 Å². The topological polar surface area (TPSA) is 29.1 Å². The lowest BCUT2D eigenvalue weighted by molar-refractivity contribution is -0.119. The summed E-state index contributed by atoms with van der Waals surface area (Å²) < 4.78 is 0. The predicted octanol–water partition coefficient (Wildman–Crippen LogP) is 1.81. The standard InChI is InChI=1S/C12H13NO/c1-4-12(13-10(3)14)11-7-5-9(2)6-8-11/h1,5-8,12H,2-3H3,(H,13,14)/t12-/m1/s1. The van der Waals surface area contributed by atoms with Crippen molar-refractivity contribution >= 4 is 5.91 Å². The largest absolute Gasteiger partial charge is 0.339 e. The monoisotopic (exact) mass is 187 g/mol. The number of terminal acetylenes is 1. The first-order valence-corrected chi connectivity index (χ1v) is 4.43. The van der Waals surface area contributed by atoms with Crippen molar-refractivity contribution in [3.05, 3.63) is 35.4 Å². The molecule has 0 saturated carbocycles. The number of rotatable bonds is 2. The third kappa shape index (κ3) is 2.63. The maximum Gasteiger partial charge on any atom is 0.218 e. The lowest BCUT2D eigenvalue weighted by atomic mass is 10.1. The summed E-state index contributed by atoms with van der Waals surface area (Å²) >= 11 is 0. The van der Waals surface area contributed by atoms with Gasteiger partial charge in [0.1, 0.15) is 6.04 Å². The molecule has 1 rings (SSSR count). The minimum Gasteiger partial charge on any atom is -0.339 e. The van der Waals surface area contributed by atoms with Crippen molar-refractivity contribution < 1.29 is 4.79 Å². The Labute approximate surface area is 84.3 Å². The number of benzene rings is 1. The first kappa shape index (κ1) is 10.3. The van der Waals surface area contributed by atoms with Crippen LogP contribution < -0.4 is 5.32 Å². The van der Waals surface area contributed by atoms with Crippen LogP contribution in [0.15, 0.2) is 24.3 Å². The molecule has 0 aliphatic carbocycles. The second-order valence-electron chi connectivity index (χ2n) is 3.21. The zero-order chi connectivity index (χ0) is 10.6. The fourth-order valence-electron chi connectivity index (χ4n) is 1.18. The molecule has 0 bridgehead atoms. The fourth-order valence-corrected chi connectivity index (χ4v) is 1.18. The molecule has 1 aromatic carbocycles. The van der Waals surface area contributed by atoms with Gasteiger partial charge in [0.15, 0.2) is 0 Å². The van der Waals surface area contributed by atoms with Gasteiger partial charge >= 0.3 is 0 Å². The van der Waals surface area contributed by atoms with Gasteiger partial charge in [-0.15, -0.1) is 6.42 Å². The van der Waals surface area contributed by atoms with Crippen molar-refractivity contribution in [2.24, 2.45) is 0 Å². The summed E-state index contributed by atoms with van der Waals surface area (Å²) in [5, 5.41) is 2.69. The van der Waals surface area contributed by atoms with Gasteiger partial charge in [-0.3, -0.25) is 4.79 Å². The van der Waals surface area contributed by atoms with E-state index in [0.29, 0.717) is 0 Å². The van der Waals surface area contributed by atoms with Gasteiger partial charge in [0, 0.05) is 6.92 Å². The number of carbonyl (C=O) groups is 1. The summed E-state index contributed by atoms with van der Waals surface area (Å²) in [5.74, 6) is 2.42. The van der Waals surface area contributed by atoms with E-state index in [1.807, 2.05) is 31.2 Å². The first-order chi connectivity index (χ1) is 6.63. The molecule has 0 radical (unpaired) electrons. The molecular formula is C12H13NO. The molecule has 1 amide bonds. The molecule has 1 atom stereocenters. The first-order valence-electron chi connectivity index (χ1n) is 4.43. The molecule has 14 heavy (non-hydrogen) atoms. The van der Waals surface area contributed by atoms with Gasteiger partial charge < -0.3 is 5.32 Å². The summed E-state index contributed by atoms with van der Waals surface area (Å²) in [7, 11) is 0. The van der Waals surface area contributed by atoms with Crippen LogP contribution in [0.5, 0.6) is 0 Å². The zero-order valence-electron chi connectivity index (χ0n) is 8.37. The number of aryl methyl sites for hydroxylation is 1. The maximum atomic E-state index is 10.8. The molecule has 0 fully saturated rings. The average Bonchev–Trinajstić information content (AvgIpc) is 2.15. The van der Waals surface area contributed by atoms with Gasteiger partial charge in [-0.2, -0.15) is 0 Å². The Morgan fingerprint density at radius 3 is 2.43 bits per heavy atom. The second-order valence-corrected chi connectivity index (χ2v) is 3.21. The molecule has 0 aliphatic heterocycles. The van der Waals surface area contributed by atoms with Crippen LogP contribution in [0.4, 0.5) is 0 Å². The molecule has 1 aromatic rings. The summed E-state index contributed by atoms with van der Waals surface area (Å²) in [4.78, 5) is 10.8. The molecule has 0 unspecified atom stereocenters. The van der Waals surface area contributed by atoms with Crippen LogP contribution in [0.1, 0.15) is 24.1 Å². The number of hydrogen-bond acceptors (Lipinski definition) is 1. The quantitative estimate of drug-likeness (QED) is 0.703. The van der Waals surface area contributed by atoms with Crippen LogP contribution in [0.3, 0.4) is 0 Å². The summed E-state index contributed by atoms with van der Waals surface area (Å²) in [6.07, 6.45) is 5.33. The van der Waals surface area contributed by atoms with Crippen LogP contribution in [0.2, 0.25) is 0 Å². The highest BCUT2D eigenvalue weighted by atomic mass is 16.1. The third-order valence-corrected chi connectivity index (χ3v) is 1.92. The van der Waals surface area contributed by atoms with E-state index in [1.54, 1.807) is 0 Å². The van der Waals surface area contributed by atoms with E-state index >= 15 is 0 Å². The van der Waals surface area contributed by atoms with Crippen molar-refractivity contribution in [1.29, 1.82) is 0 Å². The van der Waals surface area contributed by atoms with Crippen LogP contribution >= 0.6 is 0 Å². The minimum absolute atomic E-state index is 0.117. The fraction of sp³-hybridized carbons (Fsp3) is 0.250. The Hall–Kier alpha value is -1.75. The molecule has 0 spiro atoms. The molecular weight excluding hydrogens is 174 g/mol. The highest BCUT2D eigenvalue weighted by Gasteiger charge is 2.07. The Bertz CT molecular complexity index is 359. The number of nitrogens with one attached hydrogen (secondary N) is 1. The van der Waals surface area contributed by atoms with E-state index in [1.165, 1.54) is 12.5 Å². The normalized spacial score (nSPS) is 11.5. The third-order valence-electron chi connectivity index (χ3n) is 1.92. The van der Waals surface area contributed by atoms with E-state index in [2.05, 4.69) is 11.2 Å². The predicted molar refractivity (Wildman–Crippen MR) is 56.6 cm³/mol. The van der Waals surface area contributed by atoms with Gasteiger partial charge in [0.2, 0.25) is 5.91 Å². The summed E-state index contributed by atoms with van der Waals surface area (Å²) in [6, 6.07) is 7.47. The number of carbonyl (C=O) groups excluding carboxylic acids is 1. The summed E-state index contributed by atoms with van der Waals surface area (Å²) in [6.45, 7) is 3.46. The molecule has 72 valence electrons. The van der Waals surface area contributed by atoms with E-state index in [0.717, 1.165) is 5.56 Å². The second kappa shape index (κ2) is 4.48. The van der Waals surface area contributed by atoms with Crippen molar-refractivity contribution in [3.63, 3.8) is 0 Å². The SMILES string of the molecule is C#C[C@@H](NC(C)=O)c1ccc(C)cc1. The molecule has 0 heterocycles. The number of hydrogen-bond donors (Lipinski definition) is 1. The molecule has 2 nitrogen and oxygen atoms in total. The number of amides is 1. The highest BCUT2D eigenvalue weighted by molar-refractivity contribution is 5.74. The minimum atomic E-state index is -0.326. The lowest BCUT2D eigenvalue weighted by Gasteiger charge is -2.11. The Balaban J connectivity index is 2.85. The van der Waals surface area contributed by atoms with Gasteiger partial charge in [-0.05, 0) is 12.5 Å². The zero-order valence-corrected chi connectivity index (χ0v) is 8.37. The van der Waals surface area contributed by atoms with Crippen LogP contribution in [0.25, 0.3) is 0 Å². The molecule has 0 saturated heterocycles. The van der Waals surface area contributed by atoms with E-state index in [4.69, 9.17) is 6.42 Å². The molecule has 1 N–H and O–H groups in total. The van der Waals surface area contributed by atoms with Crippen molar-refractivity contribution in [1.82, 2.24) is 5.32 Å². The molecule has 0 aliphatic rings. The Morgan fingerprint density at radius 1 is 1.43 bits per heavy atom. The van der Waals surface area contributed by atoms with E-state index in [-0.39, 0.29) is 11.9 Å². The molecule has 0 aromatic heterocycles. The Kier molecular flexibility index (Phi) is 3.30. The smallest absolute Gasteiger partial charge is 0.218 e. The van der Waals surface area contributed by atoms with E-state index < -0.39 is 0 Å². The molecule has 2 heteroatoms. The van der Waals surface area contributed by atoms with Gasteiger partial charge in [0.05, 0.1) is 0 Å². The summed E-state index contributed by atoms with van der Waals surface area (Å²) in [5.41, 5.74) is 2.11. The maximum absolute atomic E-state index is 10.8. The average molecular weight is 187 g/mol. The Morgan fingerprint density at radius 2 is 2.00 bits per heavy atom. The van der Waals surface area contributed by atoms with Crippen LogP contribution in [-0.4, -0.2) is 5.91 Å². The lowest BCUT2D eigenvalue weighted by Crippen LogP contribution is -2.24. The van der Waals surface area contributed by atoms with Gasteiger partial charge in [0.25, 0.3) is 0 Å². The van der Waals surface area contributed by atoms with Crippen molar-refractivity contribution in [3.8, 4) is 12.3 Å². The van der Waals surface area contributed by atoms with E-state index in [9.17, 15) is 4.79 Å². The van der Waals surface area contributed by atoms with Gasteiger partial charge in [-0.25, -0.2) is 0 Å². The van der Waals surface area contributed by atoms with Crippen molar-refractivity contribution in [2.75, 3.05) is 0 Å². The van der Waals surface area contributed by atoms with Crippen LogP contribution in [-0.2, 0) is 4.79 Å². The van der Waals surface area contributed by atoms with Crippen LogP contribution in [0, 0.1) is 19.3 Å².